The topological polar surface area (TPSA) is 89.2 Å². The maximum absolute atomic E-state index is 13.5. The zero-order chi connectivity index (χ0) is 23.7. The van der Waals surface area contributed by atoms with Crippen molar-refractivity contribution < 1.29 is 23.8 Å². The van der Waals surface area contributed by atoms with Crippen molar-refractivity contribution in [2.45, 2.75) is 32.7 Å². The lowest BCUT2D eigenvalue weighted by molar-refractivity contribution is 0.0691. The summed E-state index contributed by atoms with van der Waals surface area (Å²) in [7, 11) is 1.54. The van der Waals surface area contributed by atoms with E-state index in [4.69, 9.17) is 25.5 Å². The molecule has 4 rings (SSSR count). The Hall–Kier alpha value is -3.03. The van der Waals surface area contributed by atoms with Gasteiger partial charge in [-0.05, 0) is 48.7 Å². The number of β-amino-alcohol motifs (C(OH)–C–C–N with tert-alkyl or cyclic N) is 1. The molecule has 1 aliphatic rings. The highest BCUT2D eigenvalue weighted by Crippen LogP contribution is 2.41. The molecule has 0 spiro atoms. The Morgan fingerprint density at radius 3 is 2.67 bits per heavy atom. The molecule has 2 aromatic carbocycles. The second kappa shape index (κ2) is 9.45. The fraction of sp³-hybridized carbons (Fsp3) is 0.360. The van der Waals surface area contributed by atoms with Gasteiger partial charge in [0, 0.05) is 11.6 Å². The molecule has 2 heterocycles. The van der Waals surface area contributed by atoms with Gasteiger partial charge >= 0.3 is 0 Å². The molecule has 0 radical (unpaired) electrons. The summed E-state index contributed by atoms with van der Waals surface area (Å²) in [4.78, 5) is 28.2. The van der Waals surface area contributed by atoms with Crippen LogP contribution >= 0.6 is 11.6 Å². The van der Waals surface area contributed by atoms with E-state index < -0.39 is 11.9 Å². The van der Waals surface area contributed by atoms with Crippen molar-refractivity contribution >= 4 is 28.5 Å². The number of aliphatic hydroxyl groups is 1. The molecule has 1 aliphatic heterocycles. The van der Waals surface area contributed by atoms with E-state index >= 15 is 0 Å². The third-order valence-electron chi connectivity index (χ3n) is 5.85. The van der Waals surface area contributed by atoms with Crippen LogP contribution in [0.2, 0.25) is 5.02 Å². The number of fused-ring (bicyclic) bond motifs is 2. The molecule has 0 saturated carbocycles. The monoisotopic (exact) mass is 471 g/mol. The second-order valence-electron chi connectivity index (χ2n) is 8.01. The van der Waals surface area contributed by atoms with Crippen LogP contribution in [-0.2, 0) is 0 Å². The van der Waals surface area contributed by atoms with E-state index in [9.17, 15) is 14.7 Å². The quantitative estimate of drug-likeness (QED) is 0.487. The number of rotatable bonds is 8. The average Bonchev–Trinajstić information content (AvgIpc) is 3.08. The first-order valence-corrected chi connectivity index (χ1v) is 11.3. The Bertz CT molecular complexity index is 1270. The number of hydrogen-bond acceptors (Lipinski definition) is 6. The van der Waals surface area contributed by atoms with Crippen LogP contribution in [0.25, 0.3) is 11.0 Å². The van der Waals surface area contributed by atoms with Crippen LogP contribution in [-0.4, -0.2) is 42.8 Å². The normalized spacial score (nSPS) is 15.2. The summed E-state index contributed by atoms with van der Waals surface area (Å²) in [5, 5.41) is 10.4. The average molecular weight is 472 g/mol. The maximum Gasteiger partial charge on any atom is 0.290 e. The van der Waals surface area contributed by atoms with Crippen molar-refractivity contribution in [2.24, 2.45) is 0 Å². The van der Waals surface area contributed by atoms with Gasteiger partial charge in [0.05, 0.1) is 37.3 Å². The van der Waals surface area contributed by atoms with Crippen LogP contribution in [0.15, 0.2) is 39.5 Å². The predicted octanol–water partition coefficient (Wildman–Crippen LogP) is 4.48. The smallest absolute Gasteiger partial charge is 0.290 e. The fourth-order valence-corrected chi connectivity index (χ4v) is 4.29. The predicted molar refractivity (Wildman–Crippen MR) is 126 cm³/mol. The molecule has 174 valence electrons. The number of aryl methyl sites for hydroxylation is 1. The van der Waals surface area contributed by atoms with E-state index in [0.29, 0.717) is 39.7 Å². The highest BCUT2D eigenvalue weighted by Gasteiger charge is 2.42. The highest BCUT2D eigenvalue weighted by atomic mass is 35.5. The summed E-state index contributed by atoms with van der Waals surface area (Å²) >= 11 is 6.26. The Morgan fingerprint density at radius 1 is 1.18 bits per heavy atom. The third kappa shape index (κ3) is 4.07. The minimum absolute atomic E-state index is 0.0186. The SMILES string of the molecule is CCCCOc1ccc(C2c3c(oc4cc(C)c(Cl)cc4c3=O)C(=O)N2CCO)cc1OC. The number of carbonyl (C=O) groups excluding carboxylic acids is 1. The van der Waals surface area contributed by atoms with Crippen LogP contribution in [0.4, 0.5) is 0 Å². The van der Waals surface area contributed by atoms with E-state index in [2.05, 4.69) is 6.92 Å². The Balaban J connectivity index is 1.88. The molecule has 7 nitrogen and oxygen atoms in total. The van der Waals surface area contributed by atoms with Gasteiger partial charge in [0.25, 0.3) is 5.91 Å². The summed E-state index contributed by atoms with van der Waals surface area (Å²) in [6.45, 7) is 4.22. The van der Waals surface area contributed by atoms with Gasteiger partial charge in [-0.2, -0.15) is 0 Å². The van der Waals surface area contributed by atoms with Crippen molar-refractivity contribution in [1.29, 1.82) is 0 Å². The van der Waals surface area contributed by atoms with E-state index in [1.165, 1.54) is 12.0 Å². The first-order valence-electron chi connectivity index (χ1n) is 10.9. The van der Waals surface area contributed by atoms with Crippen LogP contribution < -0.4 is 14.9 Å². The minimum atomic E-state index is -0.737. The molecular weight excluding hydrogens is 446 g/mol. The summed E-state index contributed by atoms with van der Waals surface area (Å²) in [6, 6.07) is 7.81. The van der Waals surface area contributed by atoms with Gasteiger partial charge in [-0.3, -0.25) is 9.59 Å². The summed E-state index contributed by atoms with van der Waals surface area (Å²) in [5.41, 5.74) is 1.59. The lowest BCUT2D eigenvalue weighted by atomic mass is 9.98. The standard InChI is InChI=1S/C25H26ClNO6/c1-4-5-10-32-18-7-6-15(12-20(18)31-3)22-21-23(29)16-13-17(26)14(2)11-19(16)33-24(21)25(30)27(22)8-9-28/h6-7,11-13,22,28H,4-5,8-10H2,1-3H3. The summed E-state index contributed by atoms with van der Waals surface area (Å²) in [5.74, 6) is 0.617. The number of unbranched alkanes of at least 4 members (excludes halogenated alkanes) is 1. The third-order valence-corrected chi connectivity index (χ3v) is 6.25. The minimum Gasteiger partial charge on any atom is -0.493 e. The Morgan fingerprint density at radius 2 is 1.97 bits per heavy atom. The van der Waals surface area contributed by atoms with Crippen LogP contribution in [0.1, 0.15) is 53.1 Å². The number of methoxy groups -OCH3 is 1. The highest BCUT2D eigenvalue weighted by molar-refractivity contribution is 6.32. The molecule has 1 N–H and O–H groups in total. The van der Waals surface area contributed by atoms with Crippen molar-refractivity contribution in [3.63, 3.8) is 0 Å². The number of ether oxygens (including phenoxy) is 2. The van der Waals surface area contributed by atoms with E-state index in [1.807, 2.05) is 0 Å². The van der Waals surface area contributed by atoms with Gasteiger partial charge < -0.3 is 23.9 Å². The largest absolute Gasteiger partial charge is 0.493 e. The van der Waals surface area contributed by atoms with Crippen LogP contribution in [0.3, 0.4) is 0 Å². The lowest BCUT2D eigenvalue weighted by Gasteiger charge is -2.25. The van der Waals surface area contributed by atoms with Gasteiger partial charge in [0.1, 0.15) is 5.58 Å². The van der Waals surface area contributed by atoms with E-state index in [-0.39, 0.29) is 29.9 Å². The number of hydrogen-bond donors (Lipinski definition) is 1. The van der Waals surface area contributed by atoms with Crippen LogP contribution in [0.5, 0.6) is 11.5 Å². The van der Waals surface area contributed by atoms with Crippen molar-refractivity contribution in [2.75, 3.05) is 26.9 Å². The van der Waals surface area contributed by atoms with Gasteiger partial charge in [-0.1, -0.05) is 31.0 Å². The zero-order valence-corrected chi connectivity index (χ0v) is 19.6. The molecule has 1 atom stereocenters. The van der Waals surface area contributed by atoms with Crippen LogP contribution in [0, 0.1) is 6.92 Å². The number of carbonyl (C=O) groups is 1. The van der Waals surface area contributed by atoms with Gasteiger partial charge in [-0.15, -0.1) is 0 Å². The van der Waals surface area contributed by atoms with Crippen molar-refractivity contribution in [1.82, 2.24) is 4.90 Å². The van der Waals surface area contributed by atoms with Gasteiger partial charge in [0.15, 0.2) is 16.9 Å². The van der Waals surface area contributed by atoms with Gasteiger partial charge in [0.2, 0.25) is 5.76 Å². The Kier molecular flexibility index (Phi) is 6.63. The maximum atomic E-state index is 13.5. The molecule has 1 amide bonds. The second-order valence-corrected chi connectivity index (χ2v) is 8.42. The number of benzene rings is 2. The number of halogens is 1. The molecule has 3 aromatic rings. The van der Waals surface area contributed by atoms with E-state index in [1.54, 1.807) is 37.3 Å². The molecule has 1 aromatic heterocycles. The first-order chi connectivity index (χ1) is 15.9. The molecular formula is C25H26ClNO6. The number of aliphatic hydroxyl groups excluding tert-OH is 1. The molecule has 0 aliphatic carbocycles. The molecule has 0 bridgehead atoms. The lowest BCUT2D eigenvalue weighted by Crippen LogP contribution is -2.32. The first kappa shape index (κ1) is 23.1. The molecule has 8 heteroatoms. The van der Waals surface area contributed by atoms with Crippen molar-refractivity contribution in [3.8, 4) is 11.5 Å². The molecule has 0 fully saturated rings. The number of amides is 1. The van der Waals surface area contributed by atoms with Crippen molar-refractivity contribution in [3.05, 3.63) is 68.0 Å². The zero-order valence-electron chi connectivity index (χ0n) is 18.8. The fourth-order valence-electron chi connectivity index (χ4n) is 4.13. The Labute approximate surface area is 196 Å². The summed E-state index contributed by atoms with van der Waals surface area (Å²) in [6.07, 6.45) is 1.92. The van der Waals surface area contributed by atoms with Gasteiger partial charge in [-0.25, -0.2) is 0 Å². The molecule has 1 unspecified atom stereocenters. The van der Waals surface area contributed by atoms with E-state index in [0.717, 1.165) is 18.4 Å². The molecule has 33 heavy (non-hydrogen) atoms. The number of nitrogens with zero attached hydrogens (tertiary/aromatic N) is 1. The summed E-state index contributed by atoms with van der Waals surface area (Å²) < 4.78 is 17.3. The molecule has 0 saturated heterocycles.